The molecule has 1 heterocycles. The Kier molecular flexibility index (Phi) is 9.07. The van der Waals surface area contributed by atoms with Gasteiger partial charge >= 0.3 is 5.97 Å². The van der Waals surface area contributed by atoms with Crippen LogP contribution in [0.4, 0.5) is 10.5 Å². The summed E-state index contributed by atoms with van der Waals surface area (Å²) in [5.74, 6) is -0.318. The van der Waals surface area contributed by atoms with Crippen molar-refractivity contribution in [2.24, 2.45) is 0 Å². The van der Waals surface area contributed by atoms with E-state index < -0.39 is 28.6 Å². The highest BCUT2D eigenvalue weighted by Crippen LogP contribution is 2.35. The minimum Gasteiger partial charge on any atom is -0.490 e. The summed E-state index contributed by atoms with van der Waals surface area (Å²) >= 11 is 0.748. The second kappa shape index (κ2) is 12.2. The molecule has 0 unspecified atom stereocenters. The molecule has 1 atom stereocenters. The lowest BCUT2D eigenvalue weighted by Crippen LogP contribution is -2.35. The Balaban J connectivity index is 1.71. The Morgan fingerprint density at radius 1 is 1.11 bits per heavy atom. The van der Waals surface area contributed by atoms with Gasteiger partial charge in [0.15, 0.2) is 11.5 Å². The van der Waals surface area contributed by atoms with E-state index in [0.29, 0.717) is 30.1 Å². The molecule has 36 heavy (non-hydrogen) atoms. The number of hydrogen-bond acceptors (Lipinski definition) is 9. The molecule has 10 nitrogen and oxygen atoms in total. The van der Waals surface area contributed by atoms with Gasteiger partial charge in [0.25, 0.3) is 16.8 Å². The fourth-order valence-corrected chi connectivity index (χ4v) is 3.98. The highest BCUT2D eigenvalue weighted by Gasteiger charge is 2.36. The minimum atomic E-state index is -0.638. The number of nitrogens with zero attached hydrogens (tertiary/aromatic N) is 2. The Morgan fingerprint density at radius 2 is 1.83 bits per heavy atom. The maximum Gasteiger partial charge on any atom is 0.326 e. The number of carbonyl (C=O) groups excluding carboxylic acids is 3. The van der Waals surface area contributed by atoms with Gasteiger partial charge in [0.1, 0.15) is 13.2 Å². The van der Waals surface area contributed by atoms with Gasteiger partial charge in [-0.3, -0.25) is 29.4 Å². The number of ether oxygens (including phenoxy) is 3. The second-order valence-electron chi connectivity index (χ2n) is 7.83. The number of imide groups is 1. The zero-order valence-electron chi connectivity index (χ0n) is 20.1. The third-order valence-corrected chi connectivity index (χ3v) is 6.08. The van der Waals surface area contributed by atoms with Crippen molar-refractivity contribution in [2.75, 3.05) is 13.2 Å². The van der Waals surface area contributed by atoms with Crippen molar-refractivity contribution < 1.29 is 33.5 Å². The fraction of sp³-hybridized carbons (Fsp3) is 0.320. The molecule has 2 aromatic rings. The van der Waals surface area contributed by atoms with Crippen LogP contribution < -0.4 is 9.47 Å². The lowest BCUT2D eigenvalue weighted by Gasteiger charge is -2.15. The summed E-state index contributed by atoms with van der Waals surface area (Å²) < 4.78 is 16.7. The molecule has 0 aliphatic carbocycles. The lowest BCUT2D eigenvalue weighted by molar-refractivity contribution is -0.384. The van der Waals surface area contributed by atoms with Crippen LogP contribution in [0.1, 0.15) is 38.3 Å². The van der Waals surface area contributed by atoms with Crippen molar-refractivity contribution >= 4 is 40.6 Å². The van der Waals surface area contributed by atoms with Gasteiger partial charge in [0, 0.05) is 12.1 Å². The van der Waals surface area contributed by atoms with E-state index in [1.54, 1.807) is 43.3 Å². The van der Waals surface area contributed by atoms with Crippen molar-refractivity contribution in [3.8, 4) is 11.5 Å². The van der Waals surface area contributed by atoms with Gasteiger partial charge in [-0.2, -0.15) is 0 Å². The second-order valence-corrected chi connectivity index (χ2v) is 8.82. The SMILES string of the molecule is CCOc1cc(/C=C2/SC(=O)N(CC(=O)O[C@@H](C)CC)C2=O)ccc1OCc1ccc([N+](=O)[O-])cc1. The Bertz CT molecular complexity index is 1180. The number of nitro groups is 1. The van der Waals surface area contributed by atoms with E-state index in [4.69, 9.17) is 14.2 Å². The molecule has 3 rings (SSSR count). The van der Waals surface area contributed by atoms with Crippen LogP contribution in [-0.4, -0.2) is 46.2 Å². The minimum absolute atomic E-state index is 0.00469. The lowest BCUT2D eigenvalue weighted by atomic mass is 10.1. The monoisotopic (exact) mass is 514 g/mol. The molecule has 0 saturated carbocycles. The van der Waals surface area contributed by atoms with Gasteiger partial charge in [-0.05, 0) is 73.5 Å². The molecule has 190 valence electrons. The average Bonchev–Trinajstić information content (AvgIpc) is 3.11. The first-order valence-electron chi connectivity index (χ1n) is 11.3. The standard InChI is InChI=1S/C25H26N2O8S/c1-4-16(3)35-23(28)14-26-24(29)22(36-25(26)30)13-18-8-11-20(21(12-18)33-5-2)34-15-17-6-9-19(10-7-17)27(31)32/h6-13,16H,4-5,14-15H2,1-3H3/b22-13+/t16-/m0/s1. The van der Waals surface area contributed by atoms with Crippen LogP contribution in [0.5, 0.6) is 11.5 Å². The van der Waals surface area contributed by atoms with E-state index in [-0.39, 0.29) is 23.3 Å². The third kappa shape index (κ3) is 6.85. The average molecular weight is 515 g/mol. The first-order chi connectivity index (χ1) is 17.2. The highest BCUT2D eigenvalue weighted by atomic mass is 32.2. The molecule has 2 aromatic carbocycles. The van der Waals surface area contributed by atoms with Crippen LogP contribution in [-0.2, 0) is 20.9 Å². The summed E-state index contributed by atoms with van der Waals surface area (Å²) in [4.78, 5) is 48.5. The van der Waals surface area contributed by atoms with Crippen LogP contribution >= 0.6 is 11.8 Å². The Hall–Kier alpha value is -3.86. The zero-order chi connectivity index (χ0) is 26.2. The fourth-order valence-electron chi connectivity index (χ4n) is 3.14. The van der Waals surface area contributed by atoms with Crippen LogP contribution in [0.2, 0.25) is 0 Å². The van der Waals surface area contributed by atoms with Crippen LogP contribution in [0.15, 0.2) is 47.4 Å². The van der Waals surface area contributed by atoms with Crippen LogP contribution in [0.25, 0.3) is 6.08 Å². The van der Waals surface area contributed by atoms with Crippen molar-refractivity contribution in [3.05, 3.63) is 68.6 Å². The largest absolute Gasteiger partial charge is 0.490 e. The number of hydrogen-bond donors (Lipinski definition) is 0. The molecule has 0 radical (unpaired) electrons. The van der Waals surface area contributed by atoms with Crippen molar-refractivity contribution in [2.45, 2.75) is 39.9 Å². The number of esters is 1. The topological polar surface area (TPSA) is 125 Å². The number of nitro benzene ring substituents is 1. The first-order valence-corrected chi connectivity index (χ1v) is 12.1. The highest BCUT2D eigenvalue weighted by molar-refractivity contribution is 8.18. The Morgan fingerprint density at radius 3 is 2.47 bits per heavy atom. The van der Waals surface area contributed by atoms with Crippen molar-refractivity contribution in [3.63, 3.8) is 0 Å². The molecule has 1 fully saturated rings. The van der Waals surface area contributed by atoms with E-state index in [1.165, 1.54) is 12.1 Å². The molecule has 1 aliphatic rings. The molecule has 1 saturated heterocycles. The summed E-state index contributed by atoms with van der Waals surface area (Å²) in [6.07, 6.45) is 1.88. The summed E-state index contributed by atoms with van der Waals surface area (Å²) in [5.41, 5.74) is 1.34. The smallest absolute Gasteiger partial charge is 0.326 e. The summed E-state index contributed by atoms with van der Waals surface area (Å²) in [7, 11) is 0. The number of rotatable bonds is 11. The summed E-state index contributed by atoms with van der Waals surface area (Å²) in [6.45, 7) is 5.52. The quantitative estimate of drug-likeness (QED) is 0.177. The number of non-ortho nitro benzene ring substituents is 1. The van der Waals surface area contributed by atoms with Gasteiger partial charge < -0.3 is 14.2 Å². The van der Waals surface area contributed by atoms with Crippen LogP contribution in [0, 0.1) is 10.1 Å². The van der Waals surface area contributed by atoms with E-state index in [1.807, 2.05) is 13.8 Å². The van der Waals surface area contributed by atoms with Gasteiger partial charge in [0.2, 0.25) is 0 Å². The number of thioether (sulfide) groups is 1. The molecule has 0 aromatic heterocycles. The van der Waals surface area contributed by atoms with E-state index >= 15 is 0 Å². The van der Waals surface area contributed by atoms with Gasteiger partial charge in [-0.1, -0.05) is 13.0 Å². The predicted octanol–water partition coefficient (Wildman–Crippen LogP) is 4.95. The van der Waals surface area contributed by atoms with E-state index in [0.717, 1.165) is 22.2 Å². The maximum absolute atomic E-state index is 12.7. The van der Waals surface area contributed by atoms with Crippen molar-refractivity contribution in [1.29, 1.82) is 0 Å². The Labute approximate surface area is 212 Å². The molecular formula is C25H26N2O8S. The molecule has 0 bridgehead atoms. The van der Waals surface area contributed by atoms with Crippen molar-refractivity contribution in [1.82, 2.24) is 4.90 Å². The molecule has 1 aliphatic heterocycles. The summed E-state index contributed by atoms with van der Waals surface area (Å²) in [6, 6.07) is 11.1. The molecule has 0 N–H and O–H groups in total. The van der Waals surface area contributed by atoms with Crippen LogP contribution in [0.3, 0.4) is 0 Å². The molecule has 2 amide bonds. The molecular weight excluding hydrogens is 488 g/mol. The summed E-state index contributed by atoms with van der Waals surface area (Å²) in [5, 5.41) is 10.3. The van der Waals surface area contributed by atoms with Gasteiger partial charge in [0.05, 0.1) is 22.5 Å². The third-order valence-electron chi connectivity index (χ3n) is 5.18. The normalized spacial score (nSPS) is 15.2. The van der Waals surface area contributed by atoms with E-state index in [2.05, 4.69) is 0 Å². The molecule has 0 spiro atoms. The number of benzene rings is 2. The zero-order valence-corrected chi connectivity index (χ0v) is 20.9. The molecule has 11 heteroatoms. The predicted molar refractivity (Wildman–Crippen MR) is 134 cm³/mol. The van der Waals surface area contributed by atoms with E-state index in [9.17, 15) is 24.5 Å². The van der Waals surface area contributed by atoms with Gasteiger partial charge in [-0.25, -0.2) is 0 Å². The van der Waals surface area contributed by atoms with Gasteiger partial charge in [-0.15, -0.1) is 0 Å². The number of amides is 2. The number of carbonyl (C=O) groups is 3. The maximum atomic E-state index is 12.7. The first kappa shape index (κ1) is 26.7.